The van der Waals surface area contributed by atoms with Gasteiger partial charge in [-0.1, -0.05) is 18.2 Å². The highest BCUT2D eigenvalue weighted by molar-refractivity contribution is 6.02. The number of benzene rings is 1. The maximum Gasteiger partial charge on any atom is 0.137 e. The molecule has 0 saturated heterocycles. The summed E-state index contributed by atoms with van der Waals surface area (Å²) in [7, 11) is 0. The topological polar surface area (TPSA) is 74.8 Å². The van der Waals surface area contributed by atoms with E-state index in [9.17, 15) is 0 Å². The van der Waals surface area contributed by atoms with E-state index in [2.05, 4.69) is 10.3 Å². The average molecular weight is 228 g/mol. The van der Waals surface area contributed by atoms with Crippen molar-refractivity contribution in [1.82, 2.24) is 4.98 Å². The van der Waals surface area contributed by atoms with Crippen molar-refractivity contribution in [2.24, 2.45) is 5.73 Å². The van der Waals surface area contributed by atoms with Crippen molar-refractivity contribution in [3.05, 3.63) is 35.9 Å². The van der Waals surface area contributed by atoms with Crippen molar-refractivity contribution in [2.45, 2.75) is 19.9 Å². The number of amidine groups is 1. The molecule has 0 radical (unpaired) electrons. The van der Waals surface area contributed by atoms with E-state index in [1.165, 1.54) is 0 Å². The summed E-state index contributed by atoms with van der Waals surface area (Å²) in [5, 5.41) is 11.8. The van der Waals surface area contributed by atoms with Gasteiger partial charge in [0.2, 0.25) is 0 Å². The van der Waals surface area contributed by atoms with Crippen LogP contribution in [0, 0.1) is 5.41 Å². The number of anilines is 1. The summed E-state index contributed by atoms with van der Waals surface area (Å²) in [6, 6.07) is 9.96. The third-order valence-electron chi connectivity index (χ3n) is 2.44. The minimum atomic E-state index is 0.0337. The van der Waals surface area contributed by atoms with Crippen LogP contribution < -0.4 is 11.1 Å². The van der Waals surface area contributed by atoms with Gasteiger partial charge in [-0.25, -0.2) is 4.98 Å². The lowest BCUT2D eigenvalue weighted by atomic mass is 10.1. The lowest BCUT2D eigenvalue weighted by Gasteiger charge is -2.14. The normalized spacial score (nSPS) is 10.8. The summed E-state index contributed by atoms with van der Waals surface area (Å²) in [6.07, 6.45) is 0. The number of pyridine rings is 1. The molecule has 0 aliphatic carbocycles. The van der Waals surface area contributed by atoms with Crippen LogP contribution in [0.1, 0.15) is 19.4 Å². The Bertz CT molecular complexity index is 560. The van der Waals surface area contributed by atoms with Gasteiger partial charge in [-0.2, -0.15) is 0 Å². The second kappa shape index (κ2) is 4.41. The van der Waals surface area contributed by atoms with Crippen LogP contribution in [0.15, 0.2) is 30.3 Å². The van der Waals surface area contributed by atoms with Crippen LogP contribution in [0.4, 0.5) is 5.82 Å². The van der Waals surface area contributed by atoms with Crippen molar-refractivity contribution in [3.8, 4) is 0 Å². The Balaban J connectivity index is 2.62. The zero-order valence-electron chi connectivity index (χ0n) is 9.99. The van der Waals surface area contributed by atoms with Crippen LogP contribution >= 0.6 is 0 Å². The smallest absolute Gasteiger partial charge is 0.137 e. The molecule has 0 amide bonds. The standard InChI is InChI=1S/C13H16N4/c1-8(2)16-13-10(12(14)15)7-9-5-3-4-6-11(9)17-13/h3-8H,1-2H3,(H3,14,15)(H,16,17). The number of hydrogen-bond donors (Lipinski definition) is 3. The molecule has 88 valence electrons. The Kier molecular flexibility index (Phi) is 2.95. The quantitative estimate of drug-likeness (QED) is 0.557. The molecule has 2 aromatic rings. The molecule has 17 heavy (non-hydrogen) atoms. The Morgan fingerprint density at radius 3 is 2.71 bits per heavy atom. The molecule has 0 unspecified atom stereocenters. The second-order valence-electron chi connectivity index (χ2n) is 4.29. The number of nitrogens with two attached hydrogens (primary N) is 1. The predicted molar refractivity (Wildman–Crippen MR) is 71.5 cm³/mol. The molecule has 4 N–H and O–H groups in total. The Hall–Kier alpha value is -2.10. The number of nitrogens with zero attached hydrogens (tertiary/aromatic N) is 1. The van der Waals surface area contributed by atoms with Crippen LogP contribution in [-0.2, 0) is 0 Å². The third-order valence-corrected chi connectivity index (χ3v) is 2.44. The Labute approximate surface area is 100 Å². The fourth-order valence-corrected chi connectivity index (χ4v) is 1.70. The SMILES string of the molecule is CC(C)Nc1nc2ccccc2cc1C(=N)N. The minimum Gasteiger partial charge on any atom is -0.384 e. The molecule has 0 fully saturated rings. The van der Waals surface area contributed by atoms with Crippen molar-refractivity contribution in [3.63, 3.8) is 0 Å². The monoisotopic (exact) mass is 228 g/mol. The molecule has 4 nitrogen and oxygen atoms in total. The minimum absolute atomic E-state index is 0.0337. The second-order valence-corrected chi connectivity index (χ2v) is 4.29. The highest BCUT2D eigenvalue weighted by Crippen LogP contribution is 2.20. The molecule has 1 heterocycles. The Morgan fingerprint density at radius 2 is 2.06 bits per heavy atom. The van der Waals surface area contributed by atoms with E-state index < -0.39 is 0 Å². The van der Waals surface area contributed by atoms with Crippen molar-refractivity contribution >= 4 is 22.6 Å². The van der Waals surface area contributed by atoms with Crippen LogP contribution in [0.25, 0.3) is 10.9 Å². The molecule has 4 heteroatoms. The highest BCUT2D eigenvalue weighted by Gasteiger charge is 2.09. The first-order valence-corrected chi connectivity index (χ1v) is 5.58. The van der Waals surface area contributed by atoms with Gasteiger partial charge >= 0.3 is 0 Å². The number of aromatic nitrogens is 1. The van der Waals surface area contributed by atoms with Gasteiger partial charge in [0.1, 0.15) is 11.7 Å². The maximum atomic E-state index is 7.59. The van der Waals surface area contributed by atoms with E-state index in [4.69, 9.17) is 11.1 Å². The predicted octanol–water partition coefficient (Wildman–Crippen LogP) is 2.34. The largest absolute Gasteiger partial charge is 0.384 e. The van der Waals surface area contributed by atoms with E-state index in [1.807, 2.05) is 44.2 Å². The summed E-state index contributed by atoms with van der Waals surface area (Å²) in [6.45, 7) is 4.06. The molecular formula is C13H16N4. The van der Waals surface area contributed by atoms with Crippen LogP contribution in [-0.4, -0.2) is 16.9 Å². The summed E-state index contributed by atoms with van der Waals surface area (Å²) in [5.74, 6) is 0.706. The maximum absolute atomic E-state index is 7.59. The number of para-hydroxylation sites is 1. The molecule has 0 aliphatic rings. The van der Waals surface area contributed by atoms with Gasteiger partial charge in [-0.3, -0.25) is 5.41 Å². The van der Waals surface area contributed by atoms with Gasteiger partial charge in [0.25, 0.3) is 0 Å². The van der Waals surface area contributed by atoms with E-state index in [0.717, 1.165) is 10.9 Å². The zero-order valence-corrected chi connectivity index (χ0v) is 9.99. The molecule has 0 atom stereocenters. The Morgan fingerprint density at radius 1 is 1.35 bits per heavy atom. The van der Waals surface area contributed by atoms with Gasteiger partial charge in [-0.15, -0.1) is 0 Å². The van der Waals surface area contributed by atoms with Crippen molar-refractivity contribution in [2.75, 3.05) is 5.32 Å². The summed E-state index contributed by atoms with van der Waals surface area (Å²) >= 11 is 0. The molecule has 0 bridgehead atoms. The number of nitrogen functional groups attached to an aromatic ring is 1. The van der Waals surface area contributed by atoms with Gasteiger partial charge in [-0.05, 0) is 26.0 Å². The molecule has 0 saturated carbocycles. The van der Waals surface area contributed by atoms with Crippen LogP contribution in [0.3, 0.4) is 0 Å². The van der Waals surface area contributed by atoms with Crippen LogP contribution in [0.5, 0.6) is 0 Å². The fourth-order valence-electron chi connectivity index (χ4n) is 1.70. The number of nitrogens with one attached hydrogen (secondary N) is 2. The lowest BCUT2D eigenvalue weighted by molar-refractivity contribution is 0.890. The van der Waals surface area contributed by atoms with E-state index in [-0.39, 0.29) is 11.9 Å². The van der Waals surface area contributed by atoms with Crippen LogP contribution in [0.2, 0.25) is 0 Å². The first-order chi connectivity index (χ1) is 8.08. The van der Waals surface area contributed by atoms with Gasteiger partial charge < -0.3 is 11.1 Å². The summed E-state index contributed by atoms with van der Waals surface area (Å²) in [4.78, 5) is 4.50. The first-order valence-electron chi connectivity index (χ1n) is 5.58. The number of hydrogen-bond acceptors (Lipinski definition) is 3. The number of rotatable bonds is 3. The third kappa shape index (κ3) is 2.36. The number of fused-ring (bicyclic) bond motifs is 1. The fraction of sp³-hybridized carbons (Fsp3) is 0.231. The highest BCUT2D eigenvalue weighted by atomic mass is 15.0. The van der Waals surface area contributed by atoms with Gasteiger partial charge in [0, 0.05) is 11.4 Å². The van der Waals surface area contributed by atoms with Gasteiger partial charge in [0.15, 0.2) is 0 Å². The van der Waals surface area contributed by atoms with E-state index in [0.29, 0.717) is 11.4 Å². The zero-order chi connectivity index (χ0) is 12.4. The molecule has 1 aromatic carbocycles. The summed E-state index contributed by atoms with van der Waals surface area (Å²) in [5.41, 5.74) is 7.14. The molecule has 1 aromatic heterocycles. The van der Waals surface area contributed by atoms with Gasteiger partial charge in [0.05, 0.1) is 11.1 Å². The van der Waals surface area contributed by atoms with E-state index in [1.54, 1.807) is 0 Å². The molecule has 0 aliphatic heterocycles. The molecule has 2 rings (SSSR count). The molecule has 0 spiro atoms. The average Bonchev–Trinajstić information content (AvgIpc) is 2.27. The van der Waals surface area contributed by atoms with Crippen molar-refractivity contribution in [1.29, 1.82) is 5.41 Å². The first kappa shape index (κ1) is 11.4. The summed E-state index contributed by atoms with van der Waals surface area (Å²) < 4.78 is 0. The van der Waals surface area contributed by atoms with E-state index >= 15 is 0 Å². The molecular weight excluding hydrogens is 212 g/mol. The van der Waals surface area contributed by atoms with Crippen molar-refractivity contribution < 1.29 is 0 Å². The lowest BCUT2D eigenvalue weighted by Crippen LogP contribution is -2.19.